The summed E-state index contributed by atoms with van der Waals surface area (Å²) in [5, 5.41) is 18.8. The van der Waals surface area contributed by atoms with E-state index >= 15 is 0 Å². The van der Waals surface area contributed by atoms with Crippen molar-refractivity contribution in [2.24, 2.45) is 5.92 Å². The maximum absolute atomic E-state index is 11.5. The Labute approximate surface area is 122 Å². The fourth-order valence-electron chi connectivity index (χ4n) is 3.08. The molecule has 2 aromatic rings. The molecular weight excluding hydrogens is 268 g/mol. The van der Waals surface area contributed by atoms with E-state index < -0.39 is 11.9 Å². The minimum absolute atomic E-state index is 0.00759. The topological polar surface area (TPSA) is 75.3 Å². The molecule has 5 heteroatoms. The third-order valence-corrected chi connectivity index (χ3v) is 4.09. The molecule has 0 saturated carbocycles. The minimum Gasteiger partial charge on any atom is -0.481 e. The van der Waals surface area contributed by atoms with Crippen LogP contribution in [0.4, 0.5) is 0 Å². The van der Waals surface area contributed by atoms with Gasteiger partial charge >= 0.3 is 5.97 Å². The van der Waals surface area contributed by atoms with Crippen molar-refractivity contribution >= 4 is 17.0 Å². The van der Waals surface area contributed by atoms with E-state index in [-0.39, 0.29) is 12.5 Å². The molecule has 110 valence electrons. The number of carboxylic acids is 1. The van der Waals surface area contributed by atoms with Gasteiger partial charge in [0.2, 0.25) is 0 Å². The van der Waals surface area contributed by atoms with E-state index in [2.05, 4.69) is 4.98 Å². The summed E-state index contributed by atoms with van der Waals surface area (Å²) >= 11 is 0. The second-order valence-corrected chi connectivity index (χ2v) is 5.33. The van der Waals surface area contributed by atoms with Crippen molar-refractivity contribution in [3.8, 4) is 0 Å². The average molecular weight is 286 g/mol. The van der Waals surface area contributed by atoms with Gasteiger partial charge in [-0.25, -0.2) is 4.98 Å². The van der Waals surface area contributed by atoms with E-state index in [0.29, 0.717) is 19.4 Å². The van der Waals surface area contributed by atoms with Crippen LogP contribution in [0.15, 0.2) is 36.4 Å². The zero-order valence-electron chi connectivity index (χ0n) is 11.6. The van der Waals surface area contributed by atoms with Crippen molar-refractivity contribution in [2.75, 3.05) is 6.61 Å². The predicted molar refractivity (Wildman–Crippen MR) is 79.1 cm³/mol. The number of aliphatic carboxylic acids is 1. The zero-order valence-corrected chi connectivity index (χ0v) is 11.6. The second-order valence-electron chi connectivity index (χ2n) is 5.33. The molecule has 1 heterocycles. The van der Waals surface area contributed by atoms with Gasteiger partial charge in [-0.05, 0) is 25.0 Å². The molecule has 1 aliphatic carbocycles. The molecule has 2 N–H and O–H groups in total. The highest BCUT2D eigenvalue weighted by molar-refractivity contribution is 5.77. The Morgan fingerprint density at radius 2 is 2.05 bits per heavy atom. The average Bonchev–Trinajstić information content (AvgIpc) is 2.86. The SMILES string of the molecule is O=C(O)C1CC=CCC1c1nc2ccccc2n1CCO. The second kappa shape index (κ2) is 5.69. The van der Waals surface area contributed by atoms with Crippen LogP contribution in [-0.2, 0) is 11.3 Å². The van der Waals surface area contributed by atoms with Crippen molar-refractivity contribution in [1.82, 2.24) is 9.55 Å². The molecule has 0 spiro atoms. The first-order valence-corrected chi connectivity index (χ1v) is 7.16. The molecule has 0 fully saturated rings. The Morgan fingerprint density at radius 3 is 2.81 bits per heavy atom. The van der Waals surface area contributed by atoms with Crippen molar-refractivity contribution in [3.63, 3.8) is 0 Å². The molecule has 0 aliphatic heterocycles. The summed E-state index contributed by atoms with van der Waals surface area (Å²) in [6, 6.07) is 7.71. The van der Waals surface area contributed by atoms with Gasteiger partial charge in [-0.2, -0.15) is 0 Å². The smallest absolute Gasteiger partial charge is 0.307 e. The van der Waals surface area contributed by atoms with Crippen LogP contribution in [0.3, 0.4) is 0 Å². The Morgan fingerprint density at radius 1 is 1.29 bits per heavy atom. The number of carboxylic acid groups (broad SMARTS) is 1. The van der Waals surface area contributed by atoms with E-state index in [9.17, 15) is 15.0 Å². The van der Waals surface area contributed by atoms with Crippen molar-refractivity contribution in [2.45, 2.75) is 25.3 Å². The van der Waals surface area contributed by atoms with Crippen molar-refractivity contribution < 1.29 is 15.0 Å². The van der Waals surface area contributed by atoms with Crippen LogP contribution in [0.2, 0.25) is 0 Å². The van der Waals surface area contributed by atoms with Crippen LogP contribution in [-0.4, -0.2) is 32.3 Å². The van der Waals surface area contributed by atoms with Gasteiger partial charge in [-0.3, -0.25) is 4.79 Å². The number of hydrogen-bond donors (Lipinski definition) is 2. The number of fused-ring (bicyclic) bond motifs is 1. The number of nitrogens with zero attached hydrogens (tertiary/aromatic N) is 2. The van der Waals surface area contributed by atoms with Gasteiger partial charge in [0, 0.05) is 12.5 Å². The standard InChI is InChI=1S/C16H18N2O3/c19-10-9-18-14-8-4-3-7-13(14)17-15(18)11-5-1-2-6-12(11)16(20)21/h1-4,7-8,11-12,19H,5-6,9-10H2,(H,20,21). The maximum Gasteiger partial charge on any atom is 0.307 e. The maximum atomic E-state index is 11.5. The van der Waals surface area contributed by atoms with Gasteiger partial charge in [0.25, 0.3) is 0 Å². The van der Waals surface area contributed by atoms with Gasteiger partial charge in [-0.1, -0.05) is 24.3 Å². The number of para-hydroxylation sites is 2. The number of allylic oxidation sites excluding steroid dienone is 2. The van der Waals surface area contributed by atoms with E-state index in [1.54, 1.807) is 0 Å². The van der Waals surface area contributed by atoms with Gasteiger partial charge in [0.15, 0.2) is 0 Å². The number of hydrogen-bond acceptors (Lipinski definition) is 3. The quantitative estimate of drug-likeness (QED) is 0.845. The molecule has 5 nitrogen and oxygen atoms in total. The van der Waals surface area contributed by atoms with E-state index in [1.807, 2.05) is 41.0 Å². The Kier molecular flexibility index (Phi) is 3.75. The minimum atomic E-state index is -0.785. The summed E-state index contributed by atoms with van der Waals surface area (Å²) in [4.78, 5) is 16.1. The molecule has 0 amide bonds. The zero-order chi connectivity index (χ0) is 14.8. The lowest BCUT2D eigenvalue weighted by Crippen LogP contribution is -2.26. The van der Waals surface area contributed by atoms with E-state index in [0.717, 1.165) is 16.9 Å². The van der Waals surface area contributed by atoms with Crippen LogP contribution in [0, 0.1) is 5.92 Å². The number of aliphatic hydroxyl groups excluding tert-OH is 1. The summed E-state index contributed by atoms with van der Waals surface area (Å²) in [6.07, 6.45) is 5.15. The number of benzene rings is 1. The first-order valence-electron chi connectivity index (χ1n) is 7.16. The highest BCUT2D eigenvalue weighted by Crippen LogP contribution is 2.35. The Hall–Kier alpha value is -2.14. The van der Waals surface area contributed by atoms with Gasteiger partial charge < -0.3 is 14.8 Å². The molecule has 1 aromatic heterocycles. The van der Waals surface area contributed by atoms with Gasteiger partial charge in [0.05, 0.1) is 23.6 Å². The monoisotopic (exact) mass is 286 g/mol. The summed E-state index contributed by atoms with van der Waals surface area (Å²) in [6.45, 7) is 0.441. The molecule has 2 atom stereocenters. The summed E-state index contributed by atoms with van der Waals surface area (Å²) < 4.78 is 1.95. The number of aliphatic hydroxyl groups is 1. The Bertz CT molecular complexity index is 690. The molecule has 21 heavy (non-hydrogen) atoms. The van der Waals surface area contributed by atoms with Gasteiger partial charge in [-0.15, -0.1) is 0 Å². The molecule has 3 rings (SSSR count). The third kappa shape index (κ3) is 2.45. The lowest BCUT2D eigenvalue weighted by molar-refractivity contribution is -0.142. The molecule has 0 radical (unpaired) electrons. The lowest BCUT2D eigenvalue weighted by Gasteiger charge is -2.25. The fraction of sp³-hybridized carbons (Fsp3) is 0.375. The van der Waals surface area contributed by atoms with Crippen molar-refractivity contribution in [1.29, 1.82) is 0 Å². The first-order chi connectivity index (χ1) is 10.2. The highest BCUT2D eigenvalue weighted by atomic mass is 16.4. The van der Waals surface area contributed by atoms with E-state index in [1.165, 1.54) is 0 Å². The third-order valence-electron chi connectivity index (χ3n) is 4.09. The predicted octanol–water partition coefficient (Wildman–Crippen LogP) is 2.16. The lowest BCUT2D eigenvalue weighted by atomic mass is 9.82. The van der Waals surface area contributed by atoms with Crippen LogP contribution >= 0.6 is 0 Å². The number of imidazole rings is 1. The van der Waals surface area contributed by atoms with Crippen LogP contribution in [0.5, 0.6) is 0 Å². The molecule has 1 aromatic carbocycles. The summed E-state index contributed by atoms with van der Waals surface area (Å²) in [5.41, 5.74) is 1.79. The molecular formula is C16H18N2O3. The fourth-order valence-corrected chi connectivity index (χ4v) is 3.08. The number of rotatable bonds is 4. The van der Waals surface area contributed by atoms with Gasteiger partial charge in [0.1, 0.15) is 5.82 Å². The first kappa shape index (κ1) is 13.8. The van der Waals surface area contributed by atoms with E-state index in [4.69, 9.17) is 0 Å². The highest BCUT2D eigenvalue weighted by Gasteiger charge is 2.33. The molecule has 1 aliphatic rings. The summed E-state index contributed by atoms with van der Waals surface area (Å²) in [5.74, 6) is -0.621. The molecule has 0 saturated heterocycles. The molecule has 0 bridgehead atoms. The Balaban J connectivity index is 2.11. The van der Waals surface area contributed by atoms with Crippen molar-refractivity contribution in [3.05, 3.63) is 42.2 Å². The largest absolute Gasteiger partial charge is 0.481 e. The van der Waals surface area contributed by atoms with Crippen LogP contribution < -0.4 is 0 Å². The molecule has 2 unspecified atom stereocenters. The van der Waals surface area contributed by atoms with Crippen LogP contribution in [0.25, 0.3) is 11.0 Å². The normalized spacial score (nSPS) is 21.8. The number of aromatic nitrogens is 2. The van der Waals surface area contributed by atoms with Crippen LogP contribution in [0.1, 0.15) is 24.6 Å². The summed E-state index contributed by atoms with van der Waals surface area (Å²) in [7, 11) is 0. The number of carbonyl (C=O) groups is 1.